The van der Waals surface area contributed by atoms with Gasteiger partial charge in [0.1, 0.15) is 11.4 Å². The molecule has 21 heavy (non-hydrogen) atoms. The molecular weight excluding hydrogens is 276 g/mol. The van der Waals surface area contributed by atoms with E-state index >= 15 is 0 Å². The van der Waals surface area contributed by atoms with Crippen molar-refractivity contribution in [1.29, 1.82) is 0 Å². The first-order chi connectivity index (χ1) is 9.74. The number of rotatable bonds is 2. The maximum atomic E-state index is 12.2. The molecule has 0 radical (unpaired) electrons. The number of benzene rings is 1. The summed E-state index contributed by atoms with van der Waals surface area (Å²) >= 11 is 0. The van der Waals surface area contributed by atoms with Crippen molar-refractivity contribution in [3.63, 3.8) is 0 Å². The number of hydrogen-bond acceptors (Lipinski definition) is 5. The lowest BCUT2D eigenvalue weighted by molar-refractivity contribution is 0.0521. The second-order valence-electron chi connectivity index (χ2n) is 5.40. The number of hydrogen-bond donors (Lipinski definition) is 1. The molecule has 1 N–H and O–H groups in total. The van der Waals surface area contributed by atoms with Gasteiger partial charge in [-0.05, 0) is 32.9 Å². The van der Waals surface area contributed by atoms with Gasteiger partial charge < -0.3 is 14.6 Å². The molecule has 0 saturated carbocycles. The minimum atomic E-state index is -1.24. The van der Waals surface area contributed by atoms with E-state index in [0.29, 0.717) is 11.3 Å². The quantitative estimate of drug-likeness (QED) is 0.914. The van der Waals surface area contributed by atoms with Gasteiger partial charge in [0.15, 0.2) is 5.69 Å². The van der Waals surface area contributed by atoms with Gasteiger partial charge in [-0.3, -0.25) is 0 Å². The molecule has 7 nitrogen and oxygen atoms in total. The number of ether oxygens (including phenoxy) is 2. The Morgan fingerprint density at radius 1 is 1.29 bits per heavy atom. The van der Waals surface area contributed by atoms with Crippen LogP contribution in [0.1, 0.15) is 31.3 Å². The smallest absolute Gasteiger partial charge is 0.435 e. The highest BCUT2D eigenvalue weighted by molar-refractivity contribution is 6.06. The molecular formula is C14H16N2O5. The first-order valence-corrected chi connectivity index (χ1v) is 6.27. The number of aromatic nitrogens is 2. The fourth-order valence-electron chi connectivity index (χ4n) is 1.90. The Bertz CT molecular complexity index is 712. The van der Waals surface area contributed by atoms with Crippen molar-refractivity contribution in [3.8, 4) is 5.75 Å². The Kier molecular flexibility index (Phi) is 3.59. The standard InChI is InChI=1S/C14H16N2O5/c1-14(2,3)21-13(19)16-8-6-5-7-9(20-4)10(8)11(15-16)12(17)18/h5-7H,1-4H3,(H,17,18). The summed E-state index contributed by atoms with van der Waals surface area (Å²) in [5.74, 6) is -0.911. The summed E-state index contributed by atoms with van der Waals surface area (Å²) in [5, 5.41) is 13.4. The van der Waals surface area contributed by atoms with E-state index in [1.54, 1.807) is 39.0 Å². The molecule has 0 saturated heterocycles. The summed E-state index contributed by atoms with van der Waals surface area (Å²) in [7, 11) is 1.42. The topological polar surface area (TPSA) is 90.6 Å². The molecule has 112 valence electrons. The zero-order chi connectivity index (χ0) is 15.8. The van der Waals surface area contributed by atoms with Crippen LogP contribution >= 0.6 is 0 Å². The Morgan fingerprint density at radius 2 is 1.95 bits per heavy atom. The summed E-state index contributed by atoms with van der Waals surface area (Å²) in [4.78, 5) is 23.5. The van der Waals surface area contributed by atoms with Gasteiger partial charge in [-0.25, -0.2) is 9.59 Å². The van der Waals surface area contributed by atoms with Gasteiger partial charge in [-0.1, -0.05) is 6.07 Å². The first-order valence-electron chi connectivity index (χ1n) is 6.27. The third-order valence-corrected chi connectivity index (χ3v) is 2.66. The van der Waals surface area contributed by atoms with Gasteiger partial charge >= 0.3 is 12.1 Å². The fraction of sp³-hybridized carbons (Fsp3) is 0.357. The minimum absolute atomic E-state index is 0.256. The molecule has 1 aromatic carbocycles. The Labute approximate surface area is 121 Å². The van der Waals surface area contributed by atoms with E-state index in [9.17, 15) is 14.7 Å². The molecule has 0 aliphatic rings. The van der Waals surface area contributed by atoms with Crippen molar-refractivity contribution >= 4 is 23.0 Å². The lowest BCUT2D eigenvalue weighted by Gasteiger charge is -2.19. The molecule has 2 aromatic rings. The third kappa shape index (κ3) is 2.81. The summed E-state index contributed by atoms with van der Waals surface area (Å²) < 4.78 is 11.3. The van der Waals surface area contributed by atoms with Crippen molar-refractivity contribution in [1.82, 2.24) is 9.78 Å². The molecule has 0 aliphatic heterocycles. The predicted octanol–water partition coefficient (Wildman–Crippen LogP) is 2.53. The second-order valence-corrected chi connectivity index (χ2v) is 5.40. The van der Waals surface area contributed by atoms with Crippen LogP contribution < -0.4 is 4.74 Å². The summed E-state index contributed by atoms with van der Waals surface area (Å²) in [6, 6.07) is 4.84. The van der Waals surface area contributed by atoms with E-state index in [0.717, 1.165) is 4.68 Å². The van der Waals surface area contributed by atoms with Gasteiger partial charge in [-0.15, -0.1) is 0 Å². The monoisotopic (exact) mass is 292 g/mol. The highest BCUT2D eigenvalue weighted by atomic mass is 16.6. The number of aromatic carboxylic acids is 1. The maximum absolute atomic E-state index is 12.2. The number of methoxy groups -OCH3 is 1. The summed E-state index contributed by atoms with van der Waals surface area (Å²) in [6.07, 6.45) is -0.742. The molecule has 0 spiro atoms. The van der Waals surface area contributed by atoms with Gasteiger partial charge in [0, 0.05) is 0 Å². The maximum Gasteiger partial charge on any atom is 0.435 e. The van der Waals surface area contributed by atoms with Crippen molar-refractivity contribution in [2.75, 3.05) is 7.11 Å². The van der Waals surface area contributed by atoms with E-state index in [1.807, 2.05) is 0 Å². The van der Waals surface area contributed by atoms with Crippen molar-refractivity contribution in [2.45, 2.75) is 26.4 Å². The van der Waals surface area contributed by atoms with E-state index in [-0.39, 0.29) is 11.1 Å². The fourth-order valence-corrected chi connectivity index (χ4v) is 1.90. The van der Waals surface area contributed by atoms with E-state index in [1.165, 1.54) is 7.11 Å². The zero-order valence-corrected chi connectivity index (χ0v) is 12.2. The molecule has 0 unspecified atom stereocenters. The average molecular weight is 292 g/mol. The average Bonchev–Trinajstić information content (AvgIpc) is 2.76. The summed E-state index contributed by atoms with van der Waals surface area (Å²) in [6.45, 7) is 5.15. The number of nitrogens with zero attached hydrogens (tertiary/aromatic N) is 2. The number of carbonyl (C=O) groups excluding carboxylic acids is 1. The van der Waals surface area contributed by atoms with Crippen LogP contribution in [0.2, 0.25) is 0 Å². The third-order valence-electron chi connectivity index (χ3n) is 2.66. The highest BCUT2D eigenvalue weighted by Gasteiger charge is 2.26. The number of carboxylic acids is 1. The van der Waals surface area contributed by atoms with Crippen molar-refractivity contribution < 1.29 is 24.2 Å². The summed E-state index contributed by atoms with van der Waals surface area (Å²) in [5.41, 5.74) is -0.647. The molecule has 7 heteroatoms. The predicted molar refractivity (Wildman–Crippen MR) is 74.9 cm³/mol. The van der Waals surface area contributed by atoms with Crippen LogP contribution in [0.4, 0.5) is 4.79 Å². The largest absolute Gasteiger partial charge is 0.496 e. The van der Waals surface area contributed by atoms with Crippen LogP contribution in [-0.4, -0.2) is 39.7 Å². The van der Waals surface area contributed by atoms with Crippen LogP contribution in [0.25, 0.3) is 10.9 Å². The molecule has 1 heterocycles. The molecule has 1 aromatic heterocycles. The van der Waals surface area contributed by atoms with Crippen molar-refractivity contribution in [2.24, 2.45) is 0 Å². The van der Waals surface area contributed by atoms with E-state index in [2.05, 4.69) is 5.10 Å². The van der Waals surface area contributed by atoms with Crippen LogP contribution in [0.3, 0.4) is 0 Å². The van der Waals surface area contributed by atoms with Crippen LogP contribution in [-0.2, 0) is 4.74 Å². The molecule has 0 bridgehead atoms. The van der Waals surface area contributed by atoms with Gasteiger partial charge in [0.05, 0.1) is 18.0 Å². The number of carboxylic acid groups (broad SMARTS) is 1. The van der Waals surface area contributed by atoms with Crippen LogP contribution in [0.15, 0.2) is 18.2 Å². The second kappa shape index (κ2) is 5.08. The normalized spacial score (nSPS) is 11.4. The highest BCUT2D eigenvalue weighted by Crippen LogP contribution is 2.29. The molecule has 0 atom stereocenters. The lowest BCUT2D eigenvalue weighted by atomic mass is 10.2. The SMILES string of the molecule is COc1cccc2c1c(C(=O)O)nn2C(=O)OC(C)(C)C. The van der Waals surface area contributed by atoms with Crippen molar-refractivity contribution in [3.05, 3.63) is 23.9 Å². The first kappa shape index (κ1) is 14.8. The Morgan fingerprint density at radius 3 is 2.48 bits per heavy atom. The Balaban J connectivity index is 2.66. The van der Waals surface area contributed by atoms with E-state index < -0.39 is 17.7 Å². The molecule has 0 aliphatic carbocycles. The molecule has 2 rings (SSSR count). The molecule has 0 fully saturated rings. The van der Waals surface area contributed by atoms with E-state index in [4.69, 9.17) is 9.47 Å². The van der Waals surface area contributed by atoms with Crippen LogP contribution in [0.5, 0.6) is 5.75 Å². The van der Waals surface area contributed by atoms with Gasteiger partial charge in [0.25, 0.3) is 0 Å². The Hall–Kier alpha value is -2.57. The molecule has 0 amide bonds. The minimum Gasteiger partial charge on any atom is -0.496 e. The van der Waals surface area contributed by atoms with Gasteiger partial charge in [-0.2, -0.15) is 9.78 Å². The lowest BCUT2D eigenvalue weighted by Crippen LogP contribution is -2.27. The number of carbonyl (C=O) groups is 2. The zero-order valence-electron chi connectivity index (χ0n) is 12.2. The number of fused-ring (bicyclic) bond motifs is 1. The van der Waals surface area contributed by atoms with Gasteiger partial charge in [0.2, 0.25) is 0 Å². The van der Waals surface area contributed by atoms with Crippen LogP contribution in [0, 0.1) is 0 Å².